The van der Waals surface area contributed by atoms with E-state index in [9.17, 15) is 9.59 Å². The summed E-state index contributed by atoms with van der Waals surface area (Å²) >= 11 is 1.47. The van der Waals surface area contributed by atoms with Crippen LogP contribution in [-0.4, -0.2) is 11.8 Å². The number of benzene rings is 3. The molecule has 3 rings (SSSR count). The van der Waals surface area contributed by atoms with Crippen LogP contribution in [0.15, 0.2) is 77.7 Å². The molecule has 1 atom stereocenters. The van der Waals surface area contributed by atoms with Crippen molar-refractivity contribution in [1.82, 2.24) is 0 Å². The van der Waals surface area contributed by atoms with Crippen LogP contribution in [0.3, 0.4) is 0 Å². The molecule has 0 radical (unpaired) electrons. The first kappa shape index (κ1) is 21.7. The van der Waals surface area contributed by atoms with Gasteiger partial charge in [-0.3, -0.25) is 9.59 Å². The highest BCUT2D eigenvalue weighted by molar-refractivity contribution is 8.00. The maximum absolute atomic E-state index is 13.4. The molecular formula is C25H26N2O2S. The molecule has 0 heterocycles. The van der Waals surface area contributed by atoms with Crippen molar-refractivity contribution in [3.8, 4) is 0 Å². The lowest BCUT2D eigenvalue weighted by atomic mass is 10.1. The molecule has 0 aliphatic carbocycles. The lowest BCUT2D eigenvalue weighted by Gasteiger charge is -2.20. The molecule has 30 heavy (non-hydrogen) atoms. The Morgan fingerprint density at radius 1 is 0.933 bits per heavy atom. The van der Waals surface area contributed by atoms with E-state index in [2.05, 4.69) is 17.6 Å². The summed E-state index contributed by atoms with van der Waals surface area (Å²) in [5.41, 5.74) is 4.70. The van der Waals surface area contributed by atoms with Crippen LogP contribution in [0.2, 0.25) is 0 Å². The summed E-state index contributed by atoms with van der Waals surface area (Å²) in [7, 11) is 0. The van der Waals surface area contributed by atoms with Crippen LogP contribution in [0, 0.1) is 6.92 Å². The smallest absolute Gasteiger partial charge is 0.242 e. The van der Waals surface area contributed by atoms with Crippen LogP contribution < -0.4 is 10.6 Å². The molecule has 0 bridgehead atoms. The molecule has 0 saturated heterocycles. The largest absolute Gasteiger partial charge is 0.326 e. The third-order valence-corrected chi connectivity index (χ3v) is 5.99. The molecule has 0 saturated carbocycles. The molecule has 2 N–H and O–H groups in total. The van der Waals surface area contributed by atoms with Gasteiger partial charge in [-0.15, -0.1) is 11.8 Å². The highest BCUT2D eigenvalue weighted by atomic mass is 32.2. The minimum atomic E-state index is -0.428. The number of rotatable bonds is 7. The third-order valence-electron chi connectivity index (χ3n) is 4.74. The van der Waals surface area contributed by atoms with Crippen LogP contribution in [0.25, 0.3) is 0 Å². The number of para-hydroxylation sites is 1. The van der Waals surface area contributed by atoms with Gasteiger partial charge < -0.3 is 10.6 Å². The third kappa shape index (κ3) is 5.51. The Morgan fingerprint density at radius 3 is 2.37 bits per heavy atom. The van der Waals surface area contributed by atoms with E-state index in [4.69, 9.17) is 0 Å². The molecule has 3 aromatic rings. The zero-order valence-corrected chi connectivity index (χ0v) is 18.3. The number of aryl methyl sites for hydroxylation is 2. The first-order valence-corrected chi connectivity index (χ1v) is 10.8. The summed E-state index contributed by atoms with van der Waals surface area (Å²) in [6.07, 6.45) is 0.846. The minimum absolute atomic E-state index is 0.0693. The van der Waals surface area contributed by atoms with Gasteiger partial charge >= 0.3 is 0 Å². The van der Waals surface area contributed by atoms with E-state index in [0.717, 1.165) is 33.7 Å². The monoisotopic (exact) mass is 418 g/mol. The Hall–Kier alpha value is -3.05. The van der Waals surface area contributed by atoms with E-state index in [1.807, 2.05) is 79.7 Å². The van der Waals surface area contributed by atoms with Gasteiger partial charge in [0.2, 0.25) is 11.8 Å². The Labute approximate surface area is 182 Å². The van der Waals surface area contributed by atoms with Crippen molar-refractivity contribution in [3.05, 3.63) is 89.5 Å². The molecule has 2 amide bonds. The number of amides is 2. The van der Waals surface area contributed by atoms with Crippen molar-refractivity contribution in [2.75, 3.05) is 10.6 Å². The second kappa shape index (κ2) is 10.1. The first-order valence-electron chi connectivity index (χ1n) is 9.96. The predicted octanol–water partition coefficient (Wildman–Crippen LogP) is 5.99. The lowest BCUT2D eigenvalue weighted by Crippen LogP contribution is -2.20. The predicted molar refractivity (Wildman–Crippen MR) is 125 cm³/mol. The average Bonchev–Trinajstić information content (AvgIpc) is 2.73. The maximum atomic E-state index is 13.4. The van der Waals surface area contributed by atoms with E-state index in [1.54, 1.807) is 0 Å². The SMILES string of the molecule is CCc1cccc(C)c1NC(=O)C(Sc1cccc(NC(C)=O)c1)c1ccccc1. The summed E-state index contributed by atoms with van der Waals surface area (Å²) in [6.45, 7) is 5.57. The second-order valence-corrected chi connectivity index (χ2v) is 8.25. The molecule has 3 aromatic carbocycles. The van der Waals surface area contributed by atoms with E-state index < -0.39 is 5.25 Å². The fraction of sp³-hybridized carbons (Fsp3) is 0.200. The van der Waals surface area contributed by atoms with E-state index in [0.29, 0.717) is 5.69 Å². The normalized spacial score (nSPS) is 11.6. The molecule has 0 aromatic heterocycles. The summed E-state index contributed by atoms with van der Waals surface area (Å²) in [5.74, 6) is -0.193. The van der Waals surface area contributed by atoms with Crippen molar-refractivity contribution in [1.29, 1.82) is 0 Å². The highest BCUT2D eigenvalue weighted by Crippen LogP contribution is 2.37. The number of hydrogen-bond donors (Lipinski definition) is 2. The Kier molecular flexibility index (Phi) is 7.31. The molecular weight excluding hydrogens is 392 g/mol. The lowest BCUT2D eigenvalue weighted by molar-refractivity contribution is -0.116. The van der Waals surface area contributed by atoms with Gasteiger partial charge in [0, 0.05) is 23.2 Å². The Bertz CT molecular complexity index is 1030. The van der Waals surface area contributed by atoms with Gasteiger partial charge in [0.25, 0.3) is 0 Å². The van der Waals surface area contributed by atoms with Crippen LogP contribution in [0.4, 0.5) is 11.4 Å². The maximum Gasteiger partial charge on any atom is 0.242 e. The molecule has 0 fully saturated rings. The average molecular weight is 419 g/mol. The first-order chi connectivity index (χ1) is 14.5. The molecule has 0 aliphatic rings. The zero-order chi connectivity index (χ0) is 21.5. The van der Waals surface area contributed by atoms with Crippen LogP contribution in [0.5, 0.6) is 0 Å². The number of carbonyl (C=O) groups is 2. The molecule has 0 aliphatic heterocycles. The van der Waals surface area contributed by atoms with Crippen molar-refractivity contribution >= 4 is 35.0 Å². The van der Waals surface area contributed by atoms with Crippen molar-refractivity contribution < 1.29 is 9.59 Å². The summed E-state index contributed by atoms with van der Waals surface area (Å²) in [4.78, 5) is 25.7. The fourth-order valence-corrected chi connectivity index (χ4v) is 4.36. The zero-order valence-electron chi connectivity index (χ0n) is 17.4. The van der Waals surface area contributed by atoms with Crippen molar-refractivity contribution in [2.45, 2.75) is 37.3 Å². The van der Waals surface area contributed by atoms with E-state index >= 15 is 0 Å². The summed E-state index contributed by atoms with van der Waals surface area (Å²) in [6, 6.07) is 23.4. The van der Waals surface area contributed by atoms with Crippen molar-refractivity contribution in [3.63, 3.8) is 0 Å². The number of anilines is 2. The fourth-order valence-electron chi connectivity index (χ4n) is 3.28. The number of carbonyl (C=O) groups excluding carboxylic acids is 2. The minimum Gasteiger partial charge on any atom is -0.326 e. The summed E-state index contributed by atoms with van der Waals surface area (Å²) < 4.78 is 0. The molecule has 4 nitrogen and oxygen atoms in total. The van der Waals surface area contributed by atoms with Gasteiger partial charge in [-0.25, -0.2) is 0 Å². The van der Waals surface area contributed by atoms with Gasteiger partial charge in [-0.2, -0.15) is 0 Å². The molecule has 154 valence electrons. The van der Waals surface area contributed by atoms with E-state index in [-0.39, 0.29) is 11.8 Å². The molecule has 0 spiro atoms. The molecule has 5 heteroatoms. The highest BCUT2D eigenvalue weighted by Gasteiger charge is 2.23. The molecule has 1 unspecified atom stereocenters. The quantitative estimate of drug-likeness (QED) is 0.464. The van der Waals surface area contributed by atoms with E-state index in [1.165, 1.54) is 18.7 Å². The Morgan fingerprint density at radius 2 is 1.67 bits per heavy atom. The number of thioether (sulfide) groups is 1. The standard InChI is InChI=1S/C25H26N2O2S/c1-4-19-13-8-10-17(2)23(19)27-25(29)24(20-11-6-5-7-12-20)30-22-15-9-14-21(16-22)26-18(3)28/h5-16,24H,4H2,1-3H3,(H,26,28)(H,27,29). The van der Waals surface area contributed by atoms with Gasteiger partial charge in [0.1, 0.15) is 5.25 Å². The van der Waals surface area contributed by atoms with Crippen molar-refractivity contribution in [2.24, 2.45) is 0 Å². The van der Waals surface area contributed by atoms with Crippen LogP contribution >= 0.6 is 11.8 Å². The topological polar surface area (TPSA) is 58.2 Å². The number of hydrogen-bond acceptors (Lipinski definition) is 3. The second-order valence-electron chi connectivity index (χ2n) is 7.07. The number of nitrogens with one attached hydrogen (secondary N) is 2. The Balaban J connectivity index is 1.91. The van der Waals surface area contributed by atoms with Gasteiger partial charge in [-0.1, -0.05) is 61.5 Å². The van der Waals surface area contributed by atoms with Gasteiger partial charge in [0.05, 0.1) is 0 Å². The summed E-state index contributed by atoms with van der Waals surface area (Å²) in [5, 5.41) is 5.54. The van der Waals surface area contributed by atoms with Gasteiger partial charge in [0.15, 0.2) is 0 Å². The van der Waals surface area contributed by atoms with Crippen LogP contribution in [0.1, 0.15) is 35.8 Å². The van der Waals surface area contributed by atoms with Gasteiger partial charge in [-0.05, 0) is 48.2 Å². The van der Waals surface area contributed by atoms with Crippen LogP contribution in [-0.2, 0) is 16.0 Å².